The van der Waals surface area contributed by atoms with Crippen LogP contribution in [0, 0.1) is 0 Å². The van der Waals surface area contributed by atoms with E-state index in [9.17, 15) is 4.79 Å². The molecule has 98 valence electrons. The zero-order valence-electron chi connectivity index (χ0n) is 10.9. The Morgan fingerprint density at radius 2 is 1.89 bits per heavy atom. The third kappa shape index (κ3) is 2.78. The van der Waals surface area contributed by atoms with Crippen molar-refractivity contribution < 1.29 is 4.79 Å². The van der Waals surface area contributed by atoms with Crippen LogP contribution >= 0.6 is 11.6 Å². The molecule has 1 N–H and O–H groups in total. The Kier molecular flexibility index (Phi) is 3.81. The zero-order valence-corrected chi connectivity index (χ0v) is 11.6. The topological polar surface area (TPSA) is 32.3 Å². The molecular formula is C14H19ClN2O. The summed E-state index contributed by atoms with van der Waals surface area (Å²) in [7, 11) is 0. The molecule has 0 aliphatic carbocycles. The van der Waals surface area contributed by atoms with Gasteiger partial charge in [0, 0.05) is 18.1 Å². The van der Waals surface area contributed by atoms with Crippen LogP contribution in [0.4, 0.5) is 4.79 Å². The number of hydrogen-bond donors (Lipinski definition) is 1. The van der Waals surface area contributed by atoms with Crippen molar-refractivity contribution in [2.24, 2.45) is 0 Å². The summed E-state index contributed by atoms with van der Waals surface area (Å²) in [6.45, 7) is 5.65. The molecule has 2 amide bonds. The second-order valence-electron chi connectivity index (χ2n) is 5.23. The van der Waals surface area contributed by atoms with Gasteiger partial charge >= 0.3 is 6.03 Å². The van der Waals surface area contributed by atoms with Crippen LogP contribution in [0.5, 0.6) is 0 Å². The summed E-state index contributed by atoms with van der Waals surface area (Å²) < 4.78 is 0. The Bertz CT molecular complexity index is 439. The molecule has 1 aromatic carbocycles. The second-order valence-corrected chi connectivity index (χ2v) is 5.64. The van der Waals surface area contributed by atoms with Gasteiger partial charge in [-0.25, -0.2) is 4.79 Å². The van der Waals surface area contributed by atoms with Crippen molar-refractivity contribution in [2.45, 2.75) is 32.2 Å². The van der Waals surface area contributed by atoms with Gasteiger partial charge in [0.2, 0.25) is 0 Å². The number of amides is 2. The molecule has 1 fully saturated rings. The molecule has 2 rings (SSSR count). The van der Waals surface area contributed by atoms with Gasteiger partial charge in [0.25, 0.3) is 0 Å². The van der Waals surface area contributed by atoms with Crippen LogP contribution in [0.1, 0.15) is 32.3 Å². The number of halogens is 1. The lowest BCUT2D eigenvalue weighted by molar-refractivity contribution is 0.197. The number of carbonyl (C=O) groups is 1. The number of benzene rings is 1. The largest absolute Gasteiger partial charge is 0.329 e. The molecule has 0 saturated carbocycles. The Hall–Kier alpha value is -1.22. The van der Waals surface area contributed by atoms with Crippen molar-refractivity contribution in [1.29, 1.82) is 0 Å². The maximum Gasteiger partial charge on any atom is 0.318 e. The number of rotatable bonds is 2. The highest BCUT2D eigenvalue weighted by Crippen LogP contribution is 2.27. The summed E-state index contributed by atoms with van der Waals surface area (Å²) in [4.78, 5) is 14.0. The Morgan fingerprint density at radius 1 is 1.28 bits per heavy atom. The minimum Gasteiger partial charge on any atom is -0.329 e. The number of likely N-dealkylation sites (tertiary alicyclic amines) is 1. The molecule has 1 aromatic rings. The quantitative estimate of drug-likeness (QED) is 0.874. The summed E-state index contributed by atoms with van der Waals surface area (Å²) in [6, 6.07) is 7.63. The molecule has 0 atom stereocenters. The molecule has 1 saturated heterocycles. The smallest absolute Gasteiger partial charge is 0.318 e. The van der Waals surface area contributed by atoms with Gasteiger partial charge in [-0.15, -0.1) is 0 Å². The Morgan fingerprint density at radius 3 is 2.50 bits per heavy atom. The summed E-state index contributed by atoms with van der Waals surface area (Å²) in [5, 5.41) is 3.74. The van der Waals surface area contributed by atoms with E-state index in [-0.39, 0.29) is 6.03 Å². The van der Waals surface area contributed by atoms with E-state index in [2.05, 4.69) is 5.32 Å². The standard InChI is InChI=1S/C14H19ClN2O/c1-14(2,11-7-3-4-8-12(11)15)16-13(18)17-9-5-6-10-17/h3-4,7-8H,5-6,9-10H2,1-2H3,(H,16,18). The average molecular weight is 267 g/mol. The van der Waals surface area contributed by atoms with E-state index in [1.54, 1.807) is 0 Å². The third-order valence-electron chi connectivity index (χ3n) is 3.36. The van der Waals surface area contributed by atoms with Crippen molar-refractivity contribution in [3.63, 3.8) is 0 Å². The summed E-state index contributed by atoms with van der Waals surface area (Å²) >= 11 is 6.19. The fourth-order valence-corrected chi connectivity index (χ4v) is 2.67. The van der Waals surface area contributed by atoms with E-state index in [1.165, 1.54) is 0 Å². The van der Waals surface area contributed by atoms with Crippen molar-refractivity contribution in [2.75, 3.05) is 13.1 Å². The fourth-order valence-electron chi connectivity index (χ4n) is 2.30. The minimum absolute atomic E-state index is 0.00239. The molecule has 0 bridgehead atoms. The van der Waals surface area contributed by atoms with Gasteiger partial charge in [-0.2, -0.15) is 0 Å². The molecule has 18 heavy (non-hydrogen) atoms. The van der Waals surface area contributed by atoms with E-state index >= 15 is 0 Å². The lowest BCUT2D eigenvalue weighted by atomic mass is 9.94. The molecule has 3 nitrogen and oxygen atoms in total. The van der Waals surface area contributed by atoms with Gasteiger partial charge in [-0.1, -0.05) is 29.8 Å². The van der Waals surface area contributed by atoms with Gasteiger partial charge in [-0.05, 0) is 38.3 Å². The van der Waals surface area contributed by atoms with Crippen LogP contribution in [0.2, 0.25) is 5.02 Å². The second kappa shape index (κ2) is 5.19. The Labute approximate surface area is 113 Å². The first-order valence-electron chi connectivity index (χ1n) is 6.33. The third-order valence-corrected chi connectivity index (χ3v) is 3.69. The van der Waals surface area contributed by atoms with Crippen molar-refractivity contribution >= 4 is 17.6 Å². The number of nitrogens with zero attached hydrogens (tertiary/aromatic N) is 1. The summed E-state index contributed by atoms with van der Waals surface area (Å²) in [6.07, 6.45) is 2.19. The van der Waals surface area contributed by atoms with Crippen molar-refractivity contribution in [3.05, 3.63) is 34.9 Å². The SMILES string of the molecule is CC(C)(NC(=O)N1CCCC1)c1ccccc1Cl. The highest BCUT2D eigenvalue weighted by molar-refractivity contribution is 6.31. The van der Waals surface area contributed by atoms with Crippen LogP contribution in [-0.2, 0) is 5.54 Å². The van der Waals surface area contributed by atoms with Crippen LogP contribution in [0.25, 0.3) is 0 Å². The highest BCUT2D eigenvalue weighted by atomic mass is 35.5. The predicted octanol–water partition coefficient (Wildman–Crippen LogP) is 3.38. The first kappa shape index (κ1) is 13.2. The molecular weight excluding hydrogens is 248 g/mol. The van der Waals surface area contributed by atoms with Gasteiger partial charge in [0.15, 0.2) is 0 Å². The van der Waals surface area contributed by atoms with Gasteiger partial charge in [0.05, 0.1) is 5.54 Å². The van der Waals surface area contributed by atoms with E-state index in [0.717, 1.165) is 31.5 Å². The number of carbonyl (C=O) groups excluding carboxylic acids is 1. The maximum absolute atomic E-state index is 12.1. The first-order valence-corrected chi connectivity index (χ1v) is 6.70. The van der Waals surface area contributed by atoms with Crippen molar-refractivity contribution in [1.82, 2.24) is 10.2 Å². The molecule has 0 spiro atoms. The van der Waals surface area contributed by atoms with Crippen LogP contribution < -0.4 is 5.32 Å². The molecule has 0 aromatic heterocycles. The number of hydrogen-bond acceptors (Lipinski definition) is 1. The number of urea groups is 1. The average Bonchev–Trinajstić information content (AvgIpc) is 2.82. The molecule has 1 heterocycles. The summed E-state index contributed by atoms with van der Waals surface area (Å²) in [5.74, 6) is 0. The van der Waals surface area contributed by atoms with Crippen LogP contribution in [0.3, 0.4) is 0 Å². The van der Waals surface area contributed by atoms with Crippen molar-refractivity contribution in [3.8, 4) is 0 Å². The first-order chi connectivity index (χ1) is 8.50. The predicted molar refractivity (Wildman–Crippen MR) is 73.8 cm³/mol. The monoisotopic (exact) mass is 266 g/mol. The fraction of sp³-hybridized carbons (Fsp3) is 0.500. The minimum atomic E-state index is -0.460. The van der Waals surface area contributed by atoms with Crippen LogP contribution in [0.15, 0.2) is 24.3 Å². The van der Waals surface area contributed by atoms with E-state index in [4.69, 9.17) is 11.6 Å². The van der Waals surface area contributed by atoms with Crippen LogP contribution in [-0.4, -0.2) is 24.0 Å². The lowest BCUT2D eigenvalue weighted by Gasteiger charge is -2.30. The molecule has 0 radical (unpaired) electrons. The highest BCUT2D eigenvalue weighted by Gasteiger charge is 2.28. The molecule has 1 aliphatic rings. The lowest BCUT2D eigenvalue weighted by Crippen LogP contribution is -2.47. The van der Waals surface area contributed by atoms with Gasteiger partial charge in [0.1, 0.15) is 0 Å². The number of nitrogens with one attached hydrogen (secondary N) is 1. The van der Waals surface area contributed by atoms with Gasteiger partial charge < -0.3 is 10.2 Å². The molecule has 0 unspecified atom stereocenters. The van der Waals surface area contributed by atoms with Gasteiger partial charge in [-0.3, -0.25) is 0 Å². The van der Waals surface area contributed by atoms with E-state index in [1.807, 2.05) is 43.0 Å². The normalized spacial score (nSPS) is 15.8. The molecule has 4 heteroatoms. The van der Waals surface area contributed by atoms with E-state index in [0.29, 0.717) is 5.02 Å². The summed E-state index contributed by atoms with van der Waals surface area (Å²) in [5.41, 5.74) is 0.483. The zero-order chi connectivity index (χ0) is 13.2. The molecule has 1 aliphatic heterocycles. The maximum atomic E-state index is 12.1. The Balaban J connectivity index is 2.11. The van der Waals surface area contributed by atoms with E-state index < -0.39 is 5.54 Å².